The zero-order valence-electron chi connectivity index (χ0n) is 12.0. The summed E-state index contributed by atoms with van der Waals surface area (Å²) < 4.78 is 0. The minimum atomic E-state index is 0.203. The third kappa shape index (κ3) is 5.12. The van der Waals surface area contributed by atoms with Crippen LogP contribution >= 0.6 is 11.8 Å². The van der Waals surface area contributed by atoms with Gasteiger partial charge in [-0.25, -0.2) is 0 Å². The predicted molar refractivity (Wildman–Crippen MR) is 80.9 cm³/mol. The molecule has 0 atom stereocenters. The molecule has 0 aromatic rings. The van der Waals surface area contributed by atoms with E-state index < -0.39 is 0 Å². The van der Waals surface area contributed by atoms with Crippen molar-refractivity contribution in [3.8, 4) is 0 Å². The molecule has 1 aliphatic heterocycles. The van der Waals surface area contributed by atoms with Crippen molar-refractivity contribution >= 4 is 17.5 Å². The van der Waals surface area contributed by atoms with Gasteiger partial charge >= 0.3 is 0 Å². The molecule has 0 saturated carbocycles. The zero-order chi connectivity index (χ0) is 13.1. The number of hydrogen-bond donors (Lipinski definition) is 0. The Kier molecular flexibility index (Phi) is 4.65. The Morgan fingerprint density at radius 2 is 1.88 bits per heavy atom. The Balaban J connectivity index is 2.53. The highest BCUT2D eigenvalue weighted by Crippen LogP contribution is 2.30. The lowest BCUT2D eigenvalue weighted by atomic mass is 9.84. The smallest absolute Gasteiger partial charge is 0.0618 e. The molecular formula is C15H25NS. The molecule has 17 heavy (non-hydrogen) atoms. The van der Waals surface area contributed by atoms with E-state index in [0.29, 0.717) is 5.41 Å². The van der Waals surface area contributed by atoms with Gasteiger partial charge in [-0.1, -0.05) is 47.6 Å². The summed E-state index contributed by atoms with van der Waals surface area (Å²) in [5.41, 5.74) is 3.13. The summed E-state index contributed by atoms with van der Waals surface area (Å²) in [6.45, 7) is 14.4. The number of nitrogens with zero attached hydrogens (tertiary/aromatic N) is 1. The highest BCUT2D eigenvalue weighted by atomic mass is 32.2. The lowest BCUT2D eigenvalue weighted by molar-refractivity contribution is 0.481. The Morgan fingerprint density at radius 3 is 2.41 bits per heavy atom. The number of hydrogen-bond acceptors (Lipinski definition) is 2. The van der Waals surface area contributed by atoms with Crippen LogP contribution in [0.3, 0.4) is 0 Å². The normalized spacial score (nSPS) is 17.5. The molecule has 0 amide bonds. The minimum absolute atomic E-state index is 0.203. The van der Waals surface area contributed by atoms with Crippen LogP contribution in [0, 0.1) is 10.8 Å². The molecule has 0 N–H and O–H groups in total. The molecule has 2 heteroatoms. The van der Waals surface area contributed by atoms with E-state index in [1.807, 2.05) is 11.8 Å². The van der Waals surface area contributed by atoms with E-state index in [1.54, 1.807) is 0 Å². The van der Waals surface area contributed by atoms with Crippen LogP contribution < -0.4 is 0 Å². The maximum absolute atomic E-state index is 4.54. The fourth-order valence-electron chi connectivity index (χ4n) is 1.67. The molecule has 0 aliphatic carbocycles. The fraction of sp³-hybridized carbons (Fsp3) is 0.667. The third-order valence-corrected chi connectivity index (χ3v) is 3.84. The number of rotatable bonds is 3. The Morgan fingerprint density at radius 1 is 1.24 bits per heavy atom. The second kappa shape index (κ2) is 5.43. The van der Waals surface area contributed by atoms with Gasteiger partial charge in [0.2, 0.25) is 0 Å². The predicted octanol–water partition coefficient (Wildman–Crippen LogP) is 4.71. The number of allylic oxidation sites excluding steroid dienone is 2. The first-order valence-corrected chi connectivity index (χ1v) is 7.29. The van der Waals surface area contributed by atoms with Gasteiger partial charge in [-0.3, -0.25) is 4.99 Å². The van der Waals surface area contributed by atoms with E-state index in [4.69, 9.17) is 0 Å². The maximum atomic E-state index is 4.54. The van der Waals surface area contributed by atoms with Gasteiger partial charge in [-0.15, -0.1) is 11.8 Å². The van der Waals surface area contributed by atoms with Crippen LogP contribution in [0.4, 0.5) is 0 Å². The molecule has 0 unspecified atom stereocenters. The van der Waals surface area contributed by atoms with E-state index in [1.165, 1.54) is 11.3 Å². The first-order chi connectivity index (χ1) is 7.70. The molecule has 1 rings (SSSR count). The summed E-state index contributed by atoms with van der Waals surface area (Å²) in [5.74, 6) is 1.14. The number of thioether (sulfide) groups is 1. The van der Waals surface area contributed by atoms with Crippen LogP contribution in [0.25, 0.3) is 0 Å². The Bertz CT molecular complexity index is 348. The van der Waals surface area contributed by atoms with Gasteiger partial charge in [0.15, 0.2) is 0 Å². The van der Waals surface area contributed by atoms with Crippen molar-refractivity contribution in [1.29, 1.82) is 0 Å². The summed E-state index contributed by atoms with van der Waals surface area (Å²) in [6, 6.07) is 0. The molecule has 0 saturated heterocycles. The monoisotopic (exact) mass is 251 g/mol. The Labute approximate surface area is 110 Å². The van der Waals surface area contributed by atoms with Crippen LogP contribution in [0.15, 0.2) is 28.1 Å². The molecule has 1 aliphatic rings. The van der Waals surface area contributed by atoms with Crippen LogP contribution in [-0.4, -0.2) is 18.0 Å². The summed E-state index contributed by atoms with van der Waals surface area (Å²) in [7, 11) is 0. The lowest BCUT2D eigenvalue weighted by Gasteiger charge is -2.20. The van der Waals surface area contributed by atoms with Crippen molar-refractivity contribution in [2.75, 3.05) is 12.3 Å². The van der Waals surface area contributed by atoms with E-state index in [0.717, 1.165) is 12.3 Å². The van der Waals surface area contributed by atoms with Crippen molar-refractivity contribution in [2.24, 2.45) is 15.8 Å². The second-order valence-electron chi connectivity index (χ2n) is 6.77. The molecule has 0 fully saturated rings. The molecule has 1 nitrogen and oxygen atoms in total. The van der Waals surface area contributed by atoms with Gasteiger partial charge in [0.1, 0.15) is 0 Å². The van der Waals surface area contributed by atoms with Gasteiger partial charge in [-0.2, -0.15) is 0 Å². The van der Waals surface area contributed by atoms with Gasteiger partial charge in [0.25, 0.3) is 0 Å². The molecule has 0 spiro atoms. The minimum Gasteiger partial charge on any atom is -0.281 e. The highest BCUT2D eigenvalue weighted by molar-refractivity contribution is 8.02. The van der Waals surface area contributed by atoms with Crippen LogP contribution in [-0.2, 0) is 0 Å². The molecule has 0 bridgehead atoms. The Hall–Kier alpha value is -0.500. The second-order valence-corrected chi connectivity index (χ2v) is 7.66. The van der Waals surface area contributed by atoms with Crippen molar-refractivity contribution < 1.29 is 0 Å². The largest absolute Gasteiger partial charge is 0.281 e. The number of aliphatic imine (C=N–C) groups is 1. The van der Waals surface area contributed by atoms with Crippen molar-refractivity contribution in [3.05, 3.63) is 23.1 Å². The van der Waals surface area contributed by atoms with Gasteiger partial charge < -0.3 is 0 Å². The van der Waals surface area contributed by atoms with Crippen LogP contribution in [0.5, 0.6) is 0 Å². The van der Waals surface area contributed by atoms with Crippen molar-refractivity contribution in [1.82, 2.24) is 0 Å². The molecule has 0 radical (unpaired) electrons. The average molecular weight is 251 g/mol. The average Bonchev–Trinajstić information content (AvgIpc) is 2.58. The molecule has 0 aromatic heterocycles. The zero-order valence-corrected chi connectivity index (χ0v) is 12.8. The topological polar surface area (TPSA) is 12.4 Å². The molecule has 0 aromatic carbocycles. The quantitative estimate of drug-likeness (QED) is 0.708. The van der Waals surface area contributed by atoms with Crippen molar-refractivity contribution in [3.63, 3.8) is 0 Å². The van der Waals surface area contributed by atoms with Gasteiger partial charge in [-0.05, 0) is 27.9 Å². The summed E-state index contributed by atoms with van der Waals surface area (Å²) in [6.07, 6.45) is 4.41. The highest BCUT2D eigenvalue weighted by Gasteiger charge is 2.22. The summed E-state index contributed by atoms with van der Waals surface area (Å²) in [5, 5.41) is 2.19. The maximum Gasteiger partial charge on any atom is 0.0618 e. The van der Waals surface area contributed by atoms with Crippen LogP contribution in [0.2, 0.25) is 0 Å². The third-order valence-electron chi connectivity index (χ3n) is 2.48. The van der Waals surface area contributed by atoms with E-state index in [9.17, 15) is 0 Å². The molecule has 96 valence electrons. The van der Waals surface area contributed by atoms with Crippen molar-refractivity contribution in [2.45, 2.75) is 41.5 Å². The van der Waals surface area contributed by atoms with E-state index in [-0.39, 0.29) is 5.41 Å². The van der Waals surface area contributed by atoms with Gasteiger partial charge in [0, 0.05) is 5.75 Å². The van der Waals surface area contributed by atoms with E-state index >= 15 is 0 Å². The standard InChI is InChI=1S/C15H25NS/c1-14(2,3)11-17-10-8-13-12(7-9-16-13)15(4,5)6/h7-8,10H,9,11H2,1-6H3. The van der Waals surface area contributed by atoms with Gasteiger partial charge in [0.05, 0.1) is 12.3 Å². The summed E-state index contributed by atoms with van der Waals surface area (Å²) in [4.78, 5) is 4.54. The summed E-state index contributed by atoms with van der Waals surface area (Å²) >= 11 is 1.87. The lowest BCUT2D eigenvalue weighted by Crippen LogP contribution is -2.14. The molecular weight excluding hydrogens is 226 g/mol. The van der Waals surface area contributed by atoms with E-state index in [2.05, 4.69) is 64.1 Å². The first kappa shape index (κ1) is 14.6. The fourth-order valence-corrected chi connectivity index (χ4v) is 2.49. The first-order valence-electron chi connectivity index (χ1n) is 6.24. The van der Waals surface area contributed by atoms with Crippen LogP contribution in [0.1, 0.15) is 41.5 Å². The SMILES string of the molecule is CC(C)(C)CSC=CC1=NCC=C1C(C)(C)C. The molecule has 1 heterocycles.